The number of hydrogen-bond donors (Lipinski definition) is 0. The SMILES string of the molecule is Cc1ccc(-c2nccc(C3CCCN(C(=O)C4CCCCC4)C3)n2)cc1. The van der Waals surface area contributed by atoms with Crippen molar-refractivity contribution in [2.24, 2.45) is 5.92 Å². The number of piperidine rings is 1. The zero-order valence-corrected chi connectivity index (χ0v) is 16.2. The maximum absolute atomic E-state index is 12.9. The summed E-state index contributed by atoms with van der Waals surface area (Å²) in [6.45, 7) is 3.79. The number of benzene rings is 1. The third-order valence-electron chi connectivity index (χ3n) is 6.09. The van der Waals surface area contributed by atoms with Gasteiger partial charge in [0.05, 0.1) is 0 Å². The zero-order chi connectivity index (χ0) is 18.6. The Morgan fingerprint density at radius 2 is 1.78 bits per heavy atom. The Kier molecular flexibility index (Phi) is 5.51. The van der Waals surface area contributed by atoms with Crippen molar-refractivity contribution < 1.29 is 4.79 Å². The first-order chi connectivity index (χ1) is 13.2. The van der Waals surface area contributed by atoms with Crippen LogP contribution < -0.4 is 0 Å². The minimum absolute atomic E-state index is 0.256. The van der Waals surface area contributed by atoms with Crippen LogP contribution in [0.3, 0.4) is 0 Å². The molecule has 2 fully saturated rings. The van der Waals surface area contributed by atoms with E-state index in [1.165, 1.54) is 24.8 Å². The van der Waals surface area contributed by atoms with Crippen LogP contribution in [0.5, 0.6) is 0 Å². The van der Waals surface area contributed by atoms with Gasteiger partial charge in [-0.2, -0.15) is 0 Å². The number of carbonyl (C=O) groups is 1. The minimum Gasteiger partial charge on any atom is -0.342 e. The number of likely N-dealkylation sites (tertiary alicyclic amines) is 1. The van der Waals surface area contributed by atoms with Gasteiger partial charge in [-0.1, -0.05) is 49.1 Å². The van der Waals surface area contributed by atoms with E-state index >= 15 is 0 Å². The van der Waals surface area contributed by atoms with Crippen LogP contribution in [0.15, 0.2) is 36.5 Å². The lowest BCUT2D eigenvalue weighted by Gasteiger charge is -2.35. The lowest BCUT2D eigenvalue weighted by Crippen LogP contribution is -2.43. The maximum Gasteiger partial charge on any atom is 0.225 e. The van der Waals surface area contributed by atoms with Crippen LogP contribution in [0, 0.1) is 12.8 Å². The van der Waals surface area contributed by atoms with Gasteiger partial charge in [0.15, 0.2) is 5.82 Å². The van der Waals surface area contributed by atoms with E-state index in [1.807, 2.05) is 12.3 Å². The van der Waals surface area contributed by atoms with Crippen LogP contribution >= 0.6 is 0 Å². The smallest absolute Gasteiger partial charge is 0.225 e. The third kappa shape index (κ3) is 4.20. The van der Waals surface area contributed by atoms with Gasteiger partial charge in [0.25, 0.3) is 0 Å². The normalized spacial score (nSPS) is 21.2. The molecule has 4 nitrogen and oxygen atoms in total. The molecule has 1 aromatic heterocycles. The average molecular weight is 364 g/mol. The Balaban J connectivity index is 1.48. The number of aromatic nitrogens is 2. The molecule has 2 aromatic rings. The number of hydrogen-bond acceptors (Lipinski definition) is 3. The summed E-state index contributed by atoms with van der Waals surface area (Å²) in [6.07, 6.45) is 9.87. The van der Waals surface area contributed by atoms with E-state index in [2.05, 4.69) is 41.1 Å². The van der Waals surface area contributed by atoms with Crippen LogP contribution in [0.2, 0.25) is 0 Å². The van der Waals surface area contributed by atoms with Crippen LogP contribution in [0.1, 0.15) is 62.1 Å². The summed E-state index contributed by atoms with van der Waals surface area (Å²) in [5, 5.41) is 0. The Bertz CT molecular complexity index is 780. The lowest BCUT2D eigenvalue weighted by atomic mass is 9.87. The number of nitrogens with zero attached hydrogens (tertiary/aromatic N) is 3. The molecule has 1 amide bonds. The molecular weight excluding hydrogens is 334 g/mol. The first kappa shape index (κ1) is 18.1. The molecule has 27 heavy (non-hydrogen) atoms. The monoisotopic (exact) mass is 363 g/mol. The molecule has 4 rings (SSSR count). The molecule has 4 heteroatoms. The minimum atomic E-state index is 0.256. The first-order valence-electron chi connectivity index (χ1n) is 10.4. The van der Waals surface area contributed by atoms with Crippen LogP contribution in [-0.2, 0) is 4.79 Å². The van der Waals surface area contributed by atoms with Crippen LogP contribution in [0.4, 0.5) is 0 Å². The second-order valence-electron chi connectivity index (χ2n) is 8.13. The standard InChI is InChI=1S/C23H29N3O/c1-17-9-11-18(12-10-17)22-24-14-13-21(25-22)20-8-5-15-26(16-20)23(27)19-6-3-2-4-7-19/h9-14,19-20H,2-8,15-16H2,1H3. The van der Waals surface area contributed by atoms with Crippen molar-refractivity contribution >= 4 is 5.91 Å². The summed E-state index contributed by atoms with van der Waals surface area (Å²) in [5.74, 6) is 1.74. The van der Waals surface area contributed by atoms with Gasteiger partial charge in [-0.25, -0.2) is 9.97 Å². The molecule has 1 unspecified atom stereocenters. The molecule has 1 aliphatic carbocycles. The van der Waals surface area contributed by atoms with Crippen molar-refractivity contribution in [1.82, 2.24) is 14.9 Å². The largest absolute Gasteiger partial charge is 0.342 e. The highest BCUT2D eigenvalue weighted by molar-refractivity contribution is 5.79. The summed E-state index contributed by atoms with van der Waals surface area (Å²) in [5.41, 5.74) is 3.36. The highest BCUT2D eigenvalue weighted by Gasteiger charge is 2.30. The average Bonchev–Trinajstić information content (AvgIpc) is 2.74. The predicted molar refractivity (Wildman–Crippen MR) is 107 cm³/mol. The number of rotatable bonds is 3. The van der Waals surface area contributed by atoms with Gasteiger partial charge in [-0.05, 0) is 38.7 Å². The second-order valence-corrected chi connectivity index (χ2v) is 8.13. The molecule has 0 bridgehead atoms. The van der Waals surface area contributed by atoms with Crippen molar-refractivity contribution in [3.63, 3.8) is 0 Å². The third-order valence-corrected chi connectivity index (χ3v) is 6.09. The van der Waals surface area contributed by atoms with Crippen molar-refractivity contribution in [2.75, 3.05) is 13.1 Å². The number of carbonyl (C=O) groups excluding carboxylic acids is 1. The van der Waals surface area contributed by atoms with Crippen molar-refractivity contribution in [1.29, 1.82) is 0 Å². The van der Waals surface area contributed by atoms with Gasteiger partial charge in [0.1, 0.15) is 0 Å². The van der Waals surface area contributed by atoms with Gasteiger partial charge in [0, 0.05) is 42.4 Å². The molecule has 2 aliphatic rings. The Labute approximate surface area is 162 Å². The Hall–Kier alpha value is -2.23. The highest BCUT2D eigenvalue weighted by Crippen LogP contribution is 2.31. The molecule has 2 heterocycles. The van der Waals surface area contributed by atoms with Crippen molar-refractivity contribution in [3.05, 3.63) is 47.8 Å². The van der Waals surface area contributed by atoms with Crippen LogP contribution in [0.25, 0.3) is 11.4 Å². The van der Waals surface area contributed by atoms with E-state index in [4.69, 9.17) is 4.98 Å². The van der Waals surface area contributed by atoms with E-state index in [1.54, 1.807) is 0 Å². The van der Waals surface area contributed by atoms with E-state index in [-0.39, 0.29) is 5.92 Å². The molecule has 1 atom stereocenters. The highest BCUT2D eigenvalue weighted by atomic mass is 16.2. The molecule has 0 N–H and O–H groups in total. The van der Waals surface area contributed by atoms with E-state index in [9.17, 15) is 4.79 Å². The Morgan fingerprint density at radius 1 is 1.00 bits per heavy atom. The molecule has 142 valence electrons. The molecule has 0 radical (unpaired) electrons. The summed E-state index contributed by atoms with van der Waals surface area (Å²) in [7, 11) is 0. The molecule has 0 spiro atoms. The fourth-order valence-electron chi connectivity index (χ4n) is 4.47. The maximum atomic E-state index is 12.9. The zero-order valence-electron chi connectivity index (χ0n) is 16.2. The fourth-order valence-corrected chi connectivity index (χ4v) is 4.47. The Morgan fingerprint density at radius 3 is 2.56 bits per heavy atom. The van der Waals surface area contributed by atoms with E-state index in [0.717, 1.165) is 55.9 Å². The lowest BCUT2D eigenvalue weighted by molar-refractivity contribution is -0.137. The summed E-state index contributed by atoms with van der Waals surface area (Å²) >= 11 is 0. The fraction of sp³-hybridized carbons (Fsp3) is 0.522. The van der Waals surface area contributed by atoms with Crippen molar-refractivity contribution in [2.45, 2.75) is 57.8 Å². The molecule has 1 saturated carbocycles. The molecule has 1 saturated heterocycles. The first-order valence-corrected chi connectivity index (χ1v) is 10.4. The van der Waals surface area contributed by atoms with Gasteiger partial charge in [-0.3, -0.25) is 4.79 Å². The summed E-state index contributed by atoms with van der Waals surface area (Å²) < 4.78 is 0. The van der Waals surface area contributed by atoms with Gasteiger partial charge >= 0.3 is 0 Å². The van der Waals surface area contributed by atoms with E-state index < -0.39 is 0 Å². The molecular formula is C23H29N3O. The predicted octanol–water partition coefficient (Wildman–Crippen LogP) is 4.74. The number of aryl methyl sites for hydroxylation is 1. The van der Waals surface area contributed by atoms with Crippen LogP contribution in [-0.4, -0.2) is 33.9 Å². The van der Waals surface area contributed by atoms with Crippen molar-refractivity contribution in [3.8, 4) is 11.4 Å². The van der Waals surface area contributed by atoms with E-state index in [0.29, 0.717) is 11.8 Å². The molecule has 1 aliphatic heterocycles. The summed E-state index contributed by atoms with van der Waals surface area (Å²) in [6, 6.07) is 10.4. The summed E-state index contributed by atoms with van der Waals surface area (Å²) in [4.78, 5) is 24.4. The van der Waals surface area contributed by atoms with Gasteiger partial charge in [-0.15, -0.1) is 0 Å². The molecule has 1 aromatic carbocycles. The second kappa shape index (κ2) is 8.20. The van der Waals surface area contributed by atoms with Gasteiger partial charge < -0.3 is 4.90 Å². The van der Waals surface area contributed by atoms with Gasteiger partial charge in [0.2, 0.25) is 5.91 Å². The topological polar surface area (TPSA) is 46.1 Å². The number of amides is 1. The quantitative estimate of drug-likeness (QED) is 0.791.